The highest BCUT2D eigenvalue weighted by atomic mass is 32.1. The Hall–Kier alpha value is -7.52. The van der Waals surface area contributed by atoms with E-state index in [1.54, 1.807) is 0 Å². The van der Waals surface area contributed by atoms with Gasteiger partial charge in [-0.2, -0.15) is 5.26 Å². The lowest BCUT2D eigenvalue weighted by atomic mass is 9.91. The van der Waals surface area contributed by atoms with Gasteiger partial charge in [0, 0.05) is 42.4 Å². The van der Waals surface area contributed by atoms with Gasteiger partial charge in [0.15, 0.2) is 17.5 Å². The van der Waals surface area contributed by atoms with Crippen LogP contribution in [0.3, 0.4) is 0 Å². The third kappa shape index (κ3) is 6.44. The minimum absolute atomic E-state index is 0.622. The van der Waals surface area contributed by atoms with Gasteiger partial charge in [-0.1, -0.05) is 170 Å². The van der Waals surface area contributed by atoms with Crippen LogP contribution < -0.4 is 0 Å². The summed E-state index contributed by atoms with van der Waals surface area (Å²) in [5, 5.41) is 12.0. The summed E-state index contributed by atoms with van der Waals surface area (Å²) < 4.78 is 2.44. The van der Waals surface area contributed by atoms with Crippen LogP contribution in [-0.2, 0) is 0 Å². The topological polar surface area (TPSA) is 62.5 Å². The predicted molar refractivity (Wildman–Crippen MR) is 235 cm³/mol. The first-order chi connectivity index (χ1) is 28.2. The molecule has 10 rings (SSSR count). The molecule has 4 nitrogen and oxygen atoms in total. The molecule has 266 valence electrons. The normalized spacial score (nSPS) is 11.1. The zero-order chi connectivity index (χ0) is 38.1. The van der Waals surface area contributed by atoms with Crippen LogP contribution in [0.5, 0.6) is 0 Å². The molecule has 0 radical (unpaired) electrons. The first-order valence-electron chi connectivity index (χ1n) is 18.8. The van der Waals surface area contributed by atoms with Gasteiger partial charge in [0.1, 0.15) is 0 Å². The van der Waals surface area contributed by atoms with Crippen LogP contribution in [0.25, 0.3) is 98.8 Å². The Kier molecular flexibility index (Phi) is 8.72. The number of rotatable bonds is 7. The zero-order valence-electron chi connectivity index (χ0n) is 30.7. The second-order valence-electron chi connectivity index (χ2n) is 13.9. The Balaban J connectivity index is 1.18. The Morgan fingerprint density at radius 3 is 1.32 bits per heavy atom. The number of benzene rings is 8. The number of hydrogen-bond acceptors (Lipinski definition) is 5. The van der Waals surface area contributed by atoms with Crippen LogP contribution in [0.1, 0.15) is 5.56 Å². The van der Waals surface area contributed by atoms with Gasteiger partial charge in [0.05, 0.1) is 11.6 Å². The van der Waals surface area contributed by atoms with Crippen molar-refractivity contribution in [3.63, 3.8) is 0 Å². The molecule has 0 bridgehead atoms. The van der Waals surface area contributed by atoms with E-state index >= 15 is 0 Å². The van der Waals surface area contributed by atoms with Crippen molar-refractivity contribution < 1.29 is 0 Å². The average molecular weight is 745 g/mol. The molecule has 10 aromatic rings. The molecule has 5 heteroatoms. The lowest BCUT2D eigenvalue weighted by Gasteiger charge is -2.12. The van der Waals surface area contributed by atoms with Gasteiger partial charge in [-0.3, -0.25) is 0 Å². The van der Waals surface area contributed by atoms with Crippen LogP contribution in [0, 0.1) is 11.3 Å². The summed E-state index contributed by atoms with van der Waals surface area (Å²) in [5.74, 6) is 1.89. The summed E-state index contributed by atoms with van der Waals surface area (Å²) in [6.45, 7) is 0. The highest BCUT2D eigenvalue weighted by Gasteiger charge is 2.20. The van der Waals surface area contributed by atoms with E-state index in [9.17, 15) is 5.26 Å². The average Bonchev–Trinajstić information content (AvgIpc) is 3.69. The minimum Gasteiger partial charge on any atom is -0.208 e. The SMILES string of the molecule is N#Cc1ccc(-c2ccc(-c3ccc(-c4nc(-c5ccccc5)nc(-c5ccccc5)n4)cc3)c3c2sc2c(-c4ccccc4)cc(-c4ccccc4)cc23)cc1. The van der Waals surface area contributed by atoms with E-state index in [-0.39, 0.29) is 0 Å². The van der Waals surface area contributed by atoms with Crippen molar-refractivity contribution in [2.45, 2.75) is 0 Å². The molecule has 2 aromatic heterocycles. The molecule has 0 unspecified atom stereocenters. The van der Waals surface area contributed by atoms with Crippen molar-refractivity contribution in [1.29, 1.82) is 5.26 Å². The molecule has 0 fully saturated rings. The van der Waals surface area contributed by atoms with Crippen molar-refractivity contribution in [2.24, 2.45) is 0 Å². The third-order valence-electron chi connectivity index (χ3n) is 10.4. The summed E-state index contributed by atoms with van der Waals surface area (Å²) in [6.07, 6.45) is 0. The lowest BCUT2D eigenvalue weighted by Crippen LogP contribution is -2.00. The molecule has 57 heavy (non-hydrogen) atoms. The standard InChI is InChI=1S/C52H32N4S/c53-33-34-21-23-38(24-22-34)44-30-29-43(47-46-32-42(35-13-5-1-6-14-35)31-45(48(46)57-49(44)47)36-15-7-2-8-16-36)37-25-27-41(28-26-37)52-55-50(39-17-9-3-10-18-39)54-51(56-52)40-19-11-4-12-20-40/h1-32H. The molecule has 8 aromatic carbocycles. The molecule has 0 saturated carbocycles. The molecule has 0 N–H and O–H groups in total. The second kappa shape index (κ2) is 14.6. The number of nitrogens with zero attached hydrogens (tertiary/aromatic N) is 4. The van der Waals surface area contributed by atoms with E-state index in [2.05, 4.69) is 127 Å². The number of aromatic nitrogens is 3. The summed E-state index contributed by atoms with van der Waals surface area (Å²) in [4.78, 5) is 14.8. The molecule has 0 amide bonds. The number of fused-ring (bicyclic) bond motifs is 3. The van der Waals surface area contributed by atoms with Crippen molar-refractivity contribution >= 4 is 31.5 Å². The fraction of sp³-hybridized carbons (Fsp3) is 0. The van der Waals surface area contributed by atoms with Crippen LogP contribution in [0.15, 0.2) is 194 Å². The highest BCUT2D eigenvalue weighted by Crippen LogP contribution is 2.49. The largest absolute Gasteiger partial charge is 0.208 e. The van der Waals surface area contributed by atoms with E-state index in [0.29, 0.717) is 23.0 Å². The van der Waals surface area contributed by atoms with E-state index in [0.717, 1.165) is 38.9 Å². The first-order valence-corrected chi connectivity index (χ1v) is 19.6. The Labute approximate surface area is 334 Å². The van der Waals surface area contributed by atoms with Crippen molar-refractivity contribution in [1.82, 2.24) is 15.0 Å². The van der Waals surface area contributed by atoms with E-state index < -0.39 is 0 Å². The van der Waals surface area contributed by atoms with Crippen molar-refractivity contribution in [3.05, 3.63) is 200 Å². The molecule has 0 saturated heterocycles. The second-order valence-corrected chi connectivity index (χ2v) is 14.9. The maximum Gasteiger partial charge on any atom is 0.164 e. The van der Waals surface area contributed by atoms with Gasteiger partial charge in [0.2, 0.25) is 0 Å². The smallest absolute Gasteiger partial charge is 0.164 e. The first kappa shape index (κ1) is 34.0. The fourth-order valence-electron chi connectivity index (χ4n) is 7.54. The number of thiophene rings is 1. The summed E-state index contributed by atoms with van der Waals surface area (Å²) in [6, 6.07) is 69.4. The van der Waals surface area contributed by atoms with E-state index in [1.807, 2.05) is 84.1 Å². The molecule has 0 aliphatic rings. The Bertz CT molecular complexity index is 3020. The molecule has 2 heterocycles. The van der Waals surface area contributed by atoms with Gasteiger partial charge >= 0.3 is 0 Å². The van der Waals surface area contributed by atoms with Crippen molar-refractivity contribution in [2.75, 3.05) is 0 Å². The summed E-state index contributed by atoms with van der Waals surface area (Å²) in [7, 11) is 0. The quantitative estimate of drug-likeness (QED) is 0.163. The lowest BCUT2D eigenvalue weighted by molar-refractivity contribution is 1.07. The van der Waals surface area contributed by atoms with E-state index in [4.69, 9.17) is 15.0 Å². The van der Waals surface area contributed by atoms with Crippen LogP contribution >= 0.6 is 11.3 Å². The molecular weight excluding hydrogens is 713 g/mol. The molecular formula is C52H32N4S. The van der Waals surface area contributed by atoms with E-state index in [1.165, 1.54) is 42.4 Å². The summed E-state index contributed by atoms with van der Waals surface area (Å²) in [5.41, 5.74) is 12.6. The fourth-order valence-corrected chi connectivity index (χ4v) is 8.92. The zero-order valence-corrected chi connectivity index (χ0v) is 31.5. The Morgan fingerprint density at radius 2 is 0.772 bits per heavy atom. The minimum atomic E-state index is 0.622. The van der Waals surface area contributed by atoms with Gasteiger partial charge in [-0.15, -0.1) is 11.3 Å². The van der Waals surface area contributed by atoms with Gasteiger partial charge in [0.25, 0.3) is 0 Å². The highest BCUT2D eigenvalue weighted by molar-refractivity contribution is 7.27. The van der Waals surface area contributed by atoms with Crippen LogP contribution in [0.2, 0.25) is 0 Å². The van der Waals surface area contributed by atoms with Gasteiger partial charge in [-0.25, -0.2) is 15.0 Å². The molecule has 0 aliphatic heterocycles. The molecule has 0 spiro atoms. The predicted octanol–water partition coefficient (Wildman–Crippen LogP) is 13.8. The van der Waals surface area contributed by atoms with Gasteiger partial charge < -0.3 is 0 Å². The Morgan fingerprint density at radius 1 is 0.351 bits per heavy atom. The number of hydrogen-bond donors (Lipinski definition) is 0. The third-order valence-corrected chi connectivity index (χ3v) is 11.7. The maximum absolute atomic E-state index is 9.55. The van der Waals surface area contributed by atoms with Crippen LogP contribution in [0.4, 0.5) is 0 Å². The van der Waals surface area contributed by atoms with Gasteiger partial charge in [-0.05, 0) is 63.2 Å². The summed E-state index contributed by atoms with van der Waals surface area (Å²) >= 11 is 1.83. The molecule has 0 aliphatic carbocycles. The maximum atomic E-state index is 9.55. The number of nitriles is 1. The monoisotopic (exact) mass is 744 g/mol. The molecule has 0 atom stereocenters. The van der Waals surface area contributed by atoms with Crippen LogP contribution in [-0.4, -0.2) is 15.0 Å². The van der Waals surface area contributed by atoms with Crippen molar-refractivity contribution in [3.8, 4) is 84.7 Å².